The summed E-state index contributed by atoms with van der Waals surface area (Å²) in [4.78, 5) is 3.31. The van der Waals surface area contributed by atoms with Crippen LogP contribution in [0.2, 0.25) is 0 Å². The highest BCUT2D eigenvalue weighted by Crippen LogP contribution is 2.36. The van der Waals surface area contributed by atoms with Gasteiger partial charge in [0, 0.05) is 6.07 Å². The first-order valence-electron chi connectivity index (χ1n) is 4.34. The molecule has 0 atom stereocenters. The van der Waals surface area contributed by atoms with Crippen LogP contribution in [0.3, 0.4) is 0 Å². The van der Waals surface area contributed by atoms with Crippen LogP contribution in [0, 0.1) is 6.92 Å². The molecule has 0 amide bonds. The van der Waals surface area contributed by atoms with Gasteiger partial charge in [0.2, 0.25) is 0 Å². The molecule has 0 saturated carbocycles. The molecule has 0 N–H and O–H groups in total. The van der Waals surface area contributed by atoms with Gasteiger partial charge in [-0.3, -0.25) is 0 Å². The number of methoxy groups -OCH3 is 1. The summed E-state index contributed by atoms with van der Waals surface area (Å²) in [6, 6.07) is 0.707. The van der Waals surface area contributed by atoms with E-state index in [2.05, 4.69) is 14.5 Å². The van der Waals surface area contributed by atoms with Crippen molar-refractivity contribution in [3.8, 4) is 11.5 Å². The second-order valence-corrected chi connectivity index (χ2v) is 3.01. The summed E-state index contributed by atoms with van der Waals surface area (Å²) in [6.07, 6.45) is -7.84. The van der Waals surface area contributed by atoms with Gasteiger partial charge in [0.15, 0.2) is 11.5 Å². The first-order chi connectivity index (χ1) is 7.74. The summed E-state index contributed by atoms with van der Waals surface area (Å²) in [5.74, 6) is -1.16. The third-order valence-corrected chi connectivity index (χ3v) is 1.79. The molecule has 0 aliphatic heterocycles. The number of halogens is 5. The van der Waals surface area contributed by atoms with Crippen molar-refractivity contribution in [2.45, 2.75) is 19.7 Å². The van der Waals surface area contributed by atoms with Crippen LogP contribution in [0.4, 0.5) is 22.0 Å². The molecule has 0 fully saturated rings. The van der Waals surface area contributed by atoms with E-state index in [1.54, 1.807) is 0 Å². The number of nitrogens with zero attached hydrogens (tertiary/aromatic N) is 1. The van der Waals surface area contributed by atoms with Gasteiger partial charge >= 0.3 is 6.36 Å². The van der Waals surface area contributed by atoms with E-state index in [-0.39, 0.29) is 5.69 Å². The maximum absolute atomic E-state index is 12.4. The van der Waals surface area contributed by atoms with E-state index in [0.29, 0.717) is 6.07 Å². The van der Waals surface area contributed by atoms with Gasteiger partial charge in [0.05, 0.1) is 12.8 Å². The molecule has 17 heavy (non-hydrogen) atoms. The molecule has 8 heteroatoms. The van der Waals surface area contributed by atoms with Gasteiger partial charge in [-0.15, -0.1) is 13.2 Å². The van der Waals surface area contributed by atoms with E-state index in [9.17, 15) is 22.0 Å². The summed E-state index contributed by atoms with van der Waals surface area (Å²) in [6.45, 7) is 1.12. The predicted molar refractivity (Wildman–Crippen MR) is 47.2 cm³/mol. The lowest BCUT2D eigenvalue weighted by atomic mass is 10.2. The van der Waals surface area contributed by atoms with E-state index < -0.39 is 30.0 Å². The smallest absolute Gasteiger partial charge is 0.493 e. The van der Waals surface area contributed by atoms with Crippen LogP contribution in [-0.2, 0) is 0 Å². The lowest BCUT2D eigenvalue weighted by Gasteiger charge is -2.15. The molecular formula is C9H8F5NO2. The van der Waals surface area contributed by atoms with Gasteiger partial charge in [-0.2, -0.15) is 0 Å². The molecule has 0 radical (unpaired) electrons. The van der Waals surface area contributed by atoms with Crippen LogP contribution >= 0.6 is 0 Å². The molecule has 1 heterocycles. The number of pyridine rings is 1. The van der Waals surface area contributed by atoms with Crippen molar-refractivity contribution in [2.75, 3.05) is 7.11 Å². The van der Waals surface area contributed by atoms with E-state index in [0.717, 1.165) is 14.0 Å². The number of hydrogen-bond donors (Lipinski definition) is 0. The average molecular weight is 257 g/mol. The van der Waals surface area contributed by atoms with Gasteiger partial charge in [-0.05, 0) is 6.92 Å². The number of aryl methyl sites for hydroxylation is 1. The number of rotatable bonds is 3. The Morgan fingerprint density at radius 3 is 2.29 bits per heavy atom. The first-order valence-corrected chi connectivity index (χ1v) is 4.34. The molecule has 0 saturated heterocycles. The zero-order valence-electron chi connectivity index (χ0n) is 8.81. The van der Waals surface area contributed by atoms with Crippen molar-refractivity contribution < 1.29 is 31.4 Å². The molecule has 0 bridgehead atoms. The van der Waals surface area contributed by atoms with Crippen molar-refractivity contribution in [2.24, 2.45) is 0 Å². The molecule has 1 rings (SSSR count). The standard InChI is InChI=1S/C9H8F5NO2/c1-4-7(17-9(12,13)14)6(16-2)3-5(15-4)8(10)11/h3,8H,1-2H3. The molecule has 0 spiro atoms. The van der Waals surface area contributed by atoms with Crippen molar-refractivity contribution in [3.05, 3.63) is 17.5 Å². The Morgan fingerprint density at radius 1 is 1.29 bits per heavy atom. The summed E-state index contributed by atoms with van der Waals surface area (Å²) < 4.78 is 69.1. The Bertz CT molecular complexity index is 405. The Morgan fingerprint density at radius 2 is 1.88 bits per heavy atom. The van der Waals surface area contributed by atoms with Gasteiger partial charge < -0.3 is 9.47 Å². The molecule has 1 aromatic rings. The van der Waals surface area contributed by atoms with Crippen LogP contribution in [0.1, 0.15) is 17.8 Å². The fraction of sp³-hybridized carbons (Fsp3) is 0.444. The lowest BCUT2D eigenvalue weighted by Crippen LogP contribution is -2.19. The van der Waals surface area contributed by atoms with Gasteiger partial charge in [-0.1, -0.05) is 0 Å². The van der Waals surface area contributed by atoms with E-state index in [4.69, 9.17) is 0 Å². The number of ether oxygens (including phenoxy) is 2. The third-order valence-electron chi connectivity index (χ3n) is 1.79. The second kappa shape index (κ2) is 4.72. The Balaban J connectivity index is 3.21. The maximum atomic E-state index is 12.4. The number of hydrogen-bond acceptors (Lipinski definition) is 3. The normalized spacial score (nSPS) is 11.8. The fourth-order valence-corrected chi connectivity index (χ4v) is 1.16. The van der Waals surface area contributed by atoms with Crippen LogP contribution in [0.15, 0.2) is 6.07 Å². The third kappa shape index (κ3) is 3.43. The second-order valence-electron chi connectivity index (χ2n) is 3.01. The van der Waals surface area contributed by atoms with Crippen LogP contribution in [0.25, 0.3) is 0 Å². The molecule has 96 valence electrons. The molecule has 0 aliphatic carbocycles. The molecular weight excluding hydrogens is 249 g/mol. The van der Waals surface area contributed by atoms with Crippen molar-refractivity contribution >= 4 is 0 Å². The quantitative estimate of drug-likeness (QED) is 0.779. The van der Waals surface area contributed by atoms with Crippen LogP contribution in [-0.4, -0.2) is 18.5 Å². The van der Waals surface area contributed by atoms with Gasteiger partial charge in [0.1, 0.15) is 5.69 Å². The topological polar surface area (TPSA) is 31.4 Å². The monoisotopic (exact) mass is 257 g/mol. The van der Waals surface area contributed by atoms with E-state index in [1.165, 1.54) is 0 Å². The molecule has 1 aromatic heterocycles. The minimum atomic E-state index is -4.94. The van der Waals surface area contributed by atoms with Gasteiger partial charge in [-0.25, -0.2) is 13.8 Å². The highest BCUT2D eigenvalue weighted by atomic mass is 19.4. The zero-order chi connectivity index (χ0) is 13.2. The molecule has 3 nitrogen and oxygen atoms in total. The van der Waals surface area contributed by atoms with Gasteiger partial charge in [0.25, 0.3) is 6.43 Å². The SMILES string of the molecule is COc1cc(C(F)F)nc(C)c1OC(F)(F)F. The molecule has 0 unspecified atom stereocenters. The largest absolute Gasteiger partial charge is 0.573 e. The number of aromatic nitrogens is 1. The highest BCUT2D eigenvalue weighted by molar-refractivity contribution is 5.44. The molecule has 0 aliphatic rings. The predicted octanol–water partition coefficient (Wildman–Crippen LogP) is 3.23. The Hall–Kier alpha value is -1.60. The van der Waals surface area contributed by atoms with Crippen LogP contribution in [0.5, 0.6) is 11.5 Å². The molecule has 0 aromatic carbocycles. The maximum Gasteiger partial charge on any atom is 0.573 e. The Labute approximate surface area is 93.2 Å². The van der Waals surface area contributed by atoms with E-state index >= 15 is 0 Å². The minimum Gasteiger partial charge on any atom is -0.493 e. The van der Waals surface area contributed by atoms with E-state index in [1.807, 2.05) is 0 Å². The zero-order valence-corrected chi connectivity index (χ0v) is 8.81. The first kappa shape index (κ1) is 13.5. The Kier molecular flexibility index (Phi) is 3.74. The summed E-state index contributed by atoms with van der Waals surface area (Å²) in [5.41, 5.74) is -0.995. The van der Waals surface area contributed by atoms with Crippen molar-refractivity contribution in [1.82, 2.24) is 4.98 Å². The lowest BCUT2D eigenvalue weighted by molar-refractivity contribution is -0.275. The average Bonchev–Trinajstić information content (AvgIpc) is 2.18. The summed E-state index contributed by atoms with van der Waals surface area (Å²) in [5, 5.41) is 0. The summed E-state index contributed by atoms with van der Waals surface area (Å²) in [7, 11) is 1.05. The summed E-state index contributed by atoms with van der Waals surface area (Å²) >= 11 is 0. The minimum absolute atomic E-state index is 0.322. The van der Waals surface area contributed by atoms with Crippen molar-refractivity contribution in [3.63, 3.8) is 0 Å². The van der Waals surface area contributed by atoms with Crippen LogP contribution < -0.4 is 9.47 Å². The fourth-order valence-electron chi connectivity index (χ4n) is 1.16. The highest BCUT2D eigenvalue weighted by Gasteiger charge is 2.34. The van der Waals surface area contributed by atoms with Crippen molar-refractivity contribution in [1.29, 1.82) is 0 Å². The number of alkyl halides is 5.